The molecule has 0 radical (unpaired) electrons. The van der Waals surface area contributed by atoms with Gasteiger partial charge in [0, 0.05) is 38.1 Å². The maximum Gasteiger partial charge on any atom is 0.223 e. The summed E-state index contributed by atoms with van der Waals surface area (Å²) in [6.07, 6.45) is 3.83. The molecule has 1 aliphatic rings. The van der Waals surface area contributed by atoms with Crippen LogP contribution in [0.15, 0.2) is 16.3 Å². The Bertz CT molecular complexity index is 395. The fourth-order valence-corrected chi connectivity index (χ4v) is 1.51. The molecular formula is C10H13N3O2. The van der Waals surface area contributed by atoms with Crippen LogP contribution in [0.4, 0.5) is 0 Å². The molecule has 1 aliphatic carbocycles. The molecule has 2 rings (SSSR count). The standard InChI is InChI=1S/C10H13N3O2/c1-7-12-10(13-15-7)4-5-11-8-2-3-9(14)6-8/h6,11H,2-5H2,1H3. The highest BCUT2D eigenvalue weighted by atomic mass is 16.5. The highest BCUT2D eigenvalue weighted by Gasteiger charge is 2.11. The largest absolute Gasteiger partial charge is 0.388 e. The van der Waals surface area contributed by atoms with E-state index in [4.69, 9.17) is 4.52 Å². The number of nitrogens with one attached hydrogen (secondary N) is 1. The van der Waals surface area contributed by atoms with E-state index in [0.717, 1.165) is 18.7 Å². The molecule has 5 nitrogen and oxygen atoms in total. The zero-order valence-electron chi connectivity index (χ0n) is 8.62. The van der Waals surface area contributed by atoms with E-state index < -0.39 is 0 Å². The maximum absolute atomic E-state index is 10.9. The number of carbonyl (C=O) groups excluding carboxylic acids is 1. The highest BCUT2D eigenvalue weighted by Crippen LogP contribution is 2.11. The Morgan fingerprint density at radius 3 is 3.00 bits per heavy atom. The van der Waals surface area contributed by atoms with Gasteiger partial charge in [0.2, 0.25) is 5.89 Å². The number of nitrogens with zero attached hydrogens (tertiary/aromatic N) is 2. The summed E-state index contributed by atoms with van der Waals surface area (Å²) >= 11 is 0. The first-order valence-corrected chi connectivity index (χ1v) is 5.00. The Morgan fingerprint density at radius 1 is 1.53 bits per heavy atom. The van der Waals surface area contributed by atoms with Gasteiger partial charge in [-0.15, -0.1) is 0 Å². The second-order valence-electron chi connectivity index (χ2n) is 3.54. The van der Waals surface area contributed by atoms with Gasteiger partial charge in [0.25, 0.3) is 0 Å². The summed E-state index contributed by atoms with van der Waals surface area (Å²) in [6.45, 7) is 2.50. The summed E-state index contributed by atoms with van der Waals surface area (Å²) < 4.78 is 4.85. The number of hydrogen-bond donors (Lipinski definition) is 1. The molecule has 0 spiro atoms. The fraction of sp³-hybridized carbons (Fsp3) is 0.500. The fourth-order valence-electron chi connectivity index (χ4n) is 1.51. The van der Waals surface area contributed by atoms with Gasteiger partial charge in [0.15, 0.2) is 11.6 Å². The van der Waals surface area contributed by atoms with Gasteiger partial charge in [-0.25, -0.2) is 0 Å². The molecule has 1 aromatic rings. The molecule has 0 saturated heterocycles. The minimum absolute atomic E-state index is 0.202. The molecule has 0 atom stereocenters. The lowest BCUT2D eigenvalue weighted by Gasteiger charge is -2.03. The minimum Gasteiger partial charge on any atom is -0.388 e. The van der Waals surface area contributed by atoms with Crippen LogP contribution >= 0.6 is 0 Å². The Kier molecular flexibility index (Phi) is 2.80. The van der Waals surface area contributed by atoms with Crippen LogP contribution in [0.5, 0.6) is 0 Å². The number of aryl methyl sites for hydroxylation is 1. The van der Waals surface area contributed by atoms with Gasteiger partial charge in [0.05, 0.1) is 0 Å². The van der Waals surface area contributed by atoms with Gasteiger partial charge < -0.3 is 9.84 Å². The van der Waals surface area contributed by atoms with Crippen LogP contribution in [-0.4, -0.2) is 22.5 Å². The van der Waals surface area contributed by atoms with Gasteiger partial charge in [0.1, 0.15) is 0 Å². The molecule has 0 aromatic carbocycles. The minimum atomic E-state index is 0.202. The van der Waals surface area contributed by atoms with Gasteiger partial charge in [-0.1, -0.05) is 5.16 Å². The molecule has 0 aliphatic heterocycles. The quantitative estimate of drug-likeness (QED) is 0.789. The third kappa shape index (κ3) is 2.65. The van der Waals surface area contributed by atoms with E-state index in [1.165, 1.54) is 0 Å². The van der Waals surface area contributed by atoms with Crippen molar-refractivity contribution in [3.8, 4) is 0 Å². The Labute approximate surface area is 87.6 Å². The van der Waals surface area contributed by atoms with Gasteiger partial charge in [-0.05, 0) is 6.42 Å². The van der Waals surface area contributed by atoms with E-state index in [1.54, 1.807) is 13.0 Å². The maximum atomic E-state index is 10.9. The predicted molar refractivity (Wildman–Crippen MR) is 53.1 cm³/mol. The van der Waals surface area contributed by atoms with E-state index in [9.17, 15) is 4.79 Å². The first kappa shape index (κ1) is 9.89. The number of allylic oxidation sites excluding steroid dienone is 2. The lowest BCUT2D eigenvalue weighted by molar-refractivity contribution is -0.114. The first-order valence-electron chi connectivity index (χ1n) is 5.00. The van der Waals surface area contributed by atoms with Crippen LogP contribution in [0, 0.1) is 6.92 Å². The number of rotatable bonds is 4. The van der Waals surface area contributed by atoms with Gasteiger partial charge >= 0.3 is 0 Å². The van der Waals surface area contributed by atoms with Gasteiger partial charge in [-0.3, -0.25) is 4.79 Å². The second kappa shape index (κ2) is 4.25. The second-order valence-corrected chi connectivity index (χ2v) is 3.54. The lowest BCUT2D eigenvalue weighted by atomic mass is 10.3. The monoisotopic (exact) mass is 207 g/mol. The van der Waals surface area contributed by atoms with E-state index in [1.807, 2.05) is 0 Å². The van der Waals surface area contributed by atoms with Crippen LogP contribution in [0.1, 0.15) is 24.6 Å². The molecular weight excluding hydrogens is 194 g/mol. The van der Waals surface area contributed by atoms with Crippen molar-refractivity contribution in [2.75, 3.05) is 6.54 Å². The highest BCUT2D eigenvalue weighted by molar-refractivity contribution is 5.92. The summed E-state index contributed by atoms with van der Waals surface area (Å²) in [5.41, 5.74) is 1.01. The van der Waals surface area contributed by atoms with Crippen LogP contribution in [0.25, 0.3) is 0 Å². The SMILES string of the molecule is Cc1nc(CCNC2=CC(=O)CC2)no1. The lowest BCUT2D eigenvalue weighted by Crippen LogP contribution is -2.16. The molecule has 0 saturated carbocycles. The van der Waals surface area contributed by atoms with Crippen molar-refractivity contribution in [2.24, 2.45) is 0 Å². The average molecular weight is 207 g/mol. The Hall–Kier alpha value is -1.65. The van der Waals surface area contributed by atoms with Gasteiger partial charge in [-0.2, -0.15) is 4.98 Å². The van der Waals surface area contributed by atoms with E-state index in [-0.39, 0.29) is 5.78 Å². The Balaban J connectivity index is 1.75. The van der Waals surface area contributed by atoms with Crippen molar-refractivity contribution in [1.82, 2.24) is 15.5 Å². The van der Waals surface area contributed by atoms with Crippen molar-refractivity contribution < 1.29 is 9.32 Å². The van der Waals surface area contributed by atoms with E-state index >= 15 is 0 Å². The molecule has 0 fully saturated rings. The molecule has 5 heteroatoms. The molecule has 15 heavy (non-hydrogen) atoms. The first-order chi connectivity index (χ1) is 7.24. The normalized spacial score (nSPS) is 15.5. The summed E-state index contributed by atoms with van der Waals surface area (Å²) in [6, 6.07) is 0. The number of carbonyl (C=O) groups is 1. The molecule has 1 heterocycles. The third-order valence-electron chi connectivity index (χ3n) is 2.25. The molecule has 80 valence electrons. The van der Waals surface area contributed by atoms with E-state index in [0.29, 0.717) is 24.6 Å². The van der Waals surface area contributed by atoms with Crippen LogP contribution in [0.2, 0.25) is 0 Å². The molecule has 0 bridgehead atoms. The molecule has 1 aromatic heterocycles. The van der Waals surface area contributed by atoms with Crippen molar-refractivity contribution in [1.29, 1.82) is 0 Å². The number of hydrogen-bond acceptors (Lipinski definition) is 5. The van der Waals surface area contributed by atoms with Crippen LogP contribution < -0.4 is 5.32 Å². The summed E-state index contributed by atoms with van der Waals surface area (Å²) in [4.78, 5) is 15.0. The van der Waals surface area contributed by atoms with Crippen molar-refractivity contribution in [3.05, 3.63) is 23.5 Å². The topological polar surface area (TPSA) is 68.0 Å². The summed E-state index contributed by atoms with van der Waals surface area (Å²) in [5.74, 6) is 1.48. The smallest absolute Gasteiger partial charge is 0.223 e. The Morgan fingerprint density at radius 2 is 2.40 bits per heavy atom. The average Bonchev–Trinajstić information content (AvgIpc) is 2.76. The van der Waals surface area contributed by atoms with Crippen LogP contribution in [-0.2, 0) is 11.2 Å². The molecule has 0 unspecified atom stereocenters. The number of ketones is 1. The third-order valence-corrected chi connectivity index (χ3v) is 2.25. The summed E-state index contributed by atoms with van der Waals surface area (Å²) in [7, 11) is 0. The zero-order chi connectivity index (χ0) is 10.7. The number of aromatic nitrogens is 2. The van der Waals surface area contributed by atoms with E-state index in [2.05, 4.69) is 15.5 Å². The van der Waals surface area contributed by atoms with Crippen molar-refractivity contribution in [2.45, 2.75) is 26.2 Å². The van der Waals surface area contributed by atoms with Crippen molar-refractivity contribution >= 4 is 5.78 Å². The zero-order valence-corrected chi connectivity index (χ0v) is 8.62. The summed E-state index contributed by atoms with van der Waals surface area (Å²) in [5, 5.41) is 6.97. The molecule has 0 amide bonds. The van der Waals surface area contributed by atoms with Crippen molar-refractivity contribution in [3.63, 3.8) is 0 Å². The molecule has 1 N–H and O–H groups in total. The van der Waals surface area contributed by atoms with Crippen LogP contribution in [0.3, 0.4) is 0 Å². The predicted octanol–water partition coefficient (Wildman–Crippen LogP) is 0.757.